The number of ether oxygens (including phenoxy) is 4. The van der Waals surface area contributed by atoms with Crippen molar-refractivity contribution in [3.63, 3.8) is 0 Å². The Bertz CT molecular complexity index is 1160. The van der Waals surface area contributed by atoms with Crippen molar-refractivity contribution >= 4 is 34.3 Å². The van der Waals surface area contributed by atoms with Crippen molar-refractivity contribution in [2.45, 2.75) is 33.3 Å². The number of hydrogen-bond acceptors (Lipinski definition) is 7. The SMILES string of the molecule is COCCOc1cc2nccc(Oc3ccc(NC(=O)OC(C)(C)C)cc3)c2cc1NC(C)=O. The Balaban J connectivity index is 1.82. The Labute approximate surface area is 198 Å². The van der Waals surface area contributed by atoms with Gasteiger partial charge in [-0.3, -0.25) is 15.1 Å². The fraction of sp³-hybridized carbons (Fsp3) is 0.320. The van der Waals surface area contributed by atoms with E-state index in [1.54, 1.807) is 76.5 Å². The summed E-state index contributed by atoms with van der Waals surface area (Å²) >= 11 is 0. The number of amides is 2. The van der Waals surface area contributed by atoms with Crippen molar-refractivity contribution in [1.29, 1.82) is 0 Å². The molecule has 0 saturated heterocycles. The van der Waals surface area contributed by atoms with Crippen LogP contribution < -0.4 is 20.1 Å². The lowest BCUT2D eigenvalue weighted by atomic mass is 10.1. The number of carbonyl (C=O) groups is 2. The number of nitrogens with zero attached hydrogens (tertiary/aromatic N) is 1. The van der Waals surface area contributed by atoms with E-state index in [9.17, 15) is 9.59 Å². The minimum Gasteiger partial charge on any atom is -0.489 e. The fourth-order valence-corrected chi connectivity index (χ4v) is 3.03. The molecule has 34 heavy (non-hydrogen) atoms. The molecular weight excluding hydrogens is 438 g/mol. The molecule has 0 atom stereocenters. The number of rotatable bonds is 8. The number of aromatic nitrogens is 1. The van der Waals surface area contributed by atoms with Gasteiger partial charge in [0.15, 0.2) is 0 Å². The van der Waals surface area contributed by atoms with E-state index in [2.05, 4.69) is 15.6 Å². The highest BCUT2D eigenvalue weighted by Crippen LogP contribution is 2.36. The molecule has 2 amide bonds. The van der Waals surface area contributed by atoms with E-state index < -0.39 is 11.7 Å². The number of nitrogens with one attached hydrogen (secondary N) is 2. The van der Waals surface area contributed by atoms with E-state index in [1.807, 2.05) is 0 Å². The summed E-state index contributed by atoms with van der Waals surface area (Å²) < 4.78 is 22.1. The molecule has 9 nitrogen and oxygen atoms in total. The van der Waals surface area contributed by atoms with Crippen LogP contribution in [0.15, 0.2) is 48.7 Å². The molecule has 1 aromatic heterocycles. The van der Waals surface area contributed by atoms with Gasteiger partial charge < -0.3 is 24.3 Å². The monoisotopic (exact) mass is 467 g/mol. The smallest absolute Gasteiger partial charge is 0.412 e. The van der Waals surface area contributed by atoms with Crippen LogP contribution in [0.25, 0.3) is 10.9 Å². The number of anilines is 2. The minimum atomic E-state index is -0.583. The summed E-state index contributed by atoms with van der Waals surface area (Å²) in [7, 11) is 1.59. The van der Waals surface area contributed by atoms with Crippen molar-refractivity contribution in [3.8, 4) is 17.2 Å². The molecule has 0 radical (unpaired) electrons. The van der Waals surface area contributed by atoms with Crippen molar-refractivity contribution in [2.75, 3.05) is 31.0 Å². The van der Waals surface area contributed by atoms with E-state index in [-0.39, 0.29) is 5.91 Å². The standard InChI is InChI=1S/C25H29N3O6/c1-16(29)27-21-14-19-20(15-23(21)32-13-12-31-5)26-11-10-22(19)33-18-8-6-17(7-9-18)28-24(30)34-25(2,3)4/h6-11,14-15H,12-13H2,1-5H3,(H,27,29)(H,28,30). The van der Waals surface area contributed by atoms with Crippen LogP contribution >= 0.6 is 0 Å². The lowest BCUT2D eigenvalue weighted by molar-refractivity contribution is -0.114. The normalized spacial score (nSPS) is 11.1. The highest BCUT2D eigenvalue weighted by molar-refractivity contribution is 5.97. The lowest BCUT2D eigenvalue weighted by Gasteiger charge is -2.19. The largest absolute Gasteiger partial charge is 0.489 e. The summed E-state index contributed by atoms with van der Waals surface area (Å²) in [5.74, 6) is 1.37. The van der Waals surface area contributed by atoms with E-state index >= 15 is 0 Å². The number of hydrogen-bond donors (Lipinski definition) is 2. The molecule has 9 heteroatoms. The lowest BCUT2D eigenvalue weighted by Crippen LogP contribution is -2.27. The van der Waals surface area contributed by atoms with Gasteiger partial charge in [0.1, 0.15) is 29.5 Å². The van der Waals surface area contributed by atoms with Gasteiger partial charge in [-0.1, -0.05) is 0 Å². The average molecular weight is 468 g/mol. The topological polar surface area (TPSA) is 108 Å². The van der Waals surface area contributed by atoms with Crippen LogP contribution in [0.1, 0.15) is 27.7 Å². The maximum Gasteiger partial charge on any atom is 0.412 e. The first-order chi connectivity index (χ1) is 16.1. The highest BCUT2D eigenvalue weighted by atomic mass is 16.6. The third-order valence-corrected chi connectivity index (χ3v) is 4.39. The summed E-state index contributed by atoms with van der Waals surface area (Å²) in [4.78, 5) is 28.1. The fourth-order valence-electron chi connectivity index (χ4n) is 3.03. The quantitative estimate of drug-likeness (QED) is 0.430. The van der Waals surface area contributed by atoms with Crippen LogP contribution in [0, 0.1) is 0 Å². The van der Waals surface area contributed by atoms with Gasteiger partial charge in [-0.15, -0.1) is 0 Å². The molecule has 2 N–H and O–H groups in total. The molecule has 2 aromatic carbocycles. The van der Waals surface area contributed by atoms with Gasteiger partial charge in [0.2, 0.25) is 5.91 Å². The van der Waals surface area contributed by atoms with Crippen molar-refractivity contribution in [1.82, 2.24) is 4.98 Å². The van der Waals surface area contributed by atoms with E-state index in [0.717, 1.165) is 0 Å². The molecule has 0 aliphatic rings. The molecule has 0 fully saturated rings. The Morgan fingerprint density at radius 1 is 0.971 bits per heavy atom. The zero-order valence-corrected chi connectivity index (χ0v) is 19.9. The summed E-state index contributed by atoms with van der Waals surface area (Å²) in [6, 6.07) is 12.1. The van der Waals surface area contributed by atoms with E-state index in [0.29, 0.717) is 52.7 Å². The van der Waals surface area contributed by atoms with Crippen molar-refractivity contribution < 1.29 is 28.5 Å². The van der Waals surface area contributed by atoms with Crippen LogP contribution in [0.5, 0.6) is 17.2 Å². The third kappa shape index (κ3) is 7.08. The molecule has 3 rings (SSSR count). The van der Waals surface area contributed by atoms with Crippen LogP contribution in [0.2, 0.25) is 0 Å². The van der Waals surface area contributed by atoms with Gasteiger partial charge >= 0.3 is 6.09 Å². The van der Waals surface area contributed by atoms with Gasteiger partial charge in [-0.25, -0.2) is 4.79 Å². The average Bonchev–Trinajstić information content (AvgIpc) is 2.74. The molecule has 0 aliphatic heterocycles. The van der Waals surface area contributed by atoms with Crippen LogP contribution in [-0.2, 0) is 14.3 Å². The molecule has 1 heterocycles. The summed E-state index contributed by atoms with van der Waals surface area (Å²) in [6.45, 7) is 7.57. The molecule has 0 aliphatic carbocycles. The first-order valence-electron chi connectivity index (χ1n) is 10.7. The zero-order chi connectivity index (χ0) is 24.7. The van der Waals surface area contributed by atoms with Gasteiger partial charge in [-0.2, -0.15) is 0 Å². The number of methoxy groups -OCH3 is 1. The molecule has 0 unspecified atom stereocenters. The summed E-state index contributed by atoms with van der Waals surface area (Å²) in [6.07, 6.45) is 1.10. The maximum atomic E-state index is 12.0. The number of benzene rings is 2. The Morgan fingerprint density at radius 2 is 1.71 bits per heavy atom. The summed E-state index contributed by atoms with van der Waals surface area (Å²) in [5, 5.41) is 6.16. The Hall–Kier alpha value is -3.85. The zero-order valence-electron chi connectivity index (χ0n) is 19.9. The molecule has 0 saturated carbocycles. The third-order valence-electron chi connectivity index (χ3n) is 4.39. The van der Waals surface area contributed by atoms with E-state index in [1.165, 1.54) is 6.92 Å². The van der Waals surface area contributed by atoms with Crippen LogP contribution in [-0.4, -0.2) is 42.9 Å². The Kier molecular flexibility index (Phi) is 7.91. The molecular formula is C25H29N3O6. The molecule has 0 spiro atoms. The number of pyridine rings is 1. The van der Waals surface area contributed by atoms with Crippen molar-refractivity contribution in [3.05, 3.63) is 48.7 Å². The number of fused-ring (bicyclic) bond motifs is 1. The van der Waals surface area contributed by atoms with Gasteiger partial charge in [0.25, 0.3) is 0 Å². The van der Waals surface area contributed by atoms with Crippen molar-refractivity contribution in [2.24, 2.45) is 0 Å². The van der Waals surface area contributed by atoms with Crippen LogP contribution in [0.3, 0.4) is 0 Å². The minimum absolute atomic E-state index is 0.227. The second-order valence-electron chi connectivity index (χ2n) is 8.45. The first-order valence-corrected chi connectivity index (χ1v) is 10.7. The molecule has 180 valence electrons. The van der Waals surface area contributed by atoms with Crippen LogP contribution in [0.4, 0.5) is 16.2 Å². The Morgan fingerprint density at radius 3 is 2.35 bits per heavy atom. The molecule has 3 aromatic rings. The highest BCUT2D eigenvalue weighted by Gasteiger charge is 2.16. The van der Waals surface area contributed by atoms with Gasteiger partial charge in [0, 0.05) is 37.4 Å². The predicted molar refractivity (Wildman–Crippen MR) is 130 cm³/mol. The maximum absolute atomic E-state index is 12.0. The predicted octanol–water partition coefficient (Wildman–Crippen LogP) is 5.36. The van der Waals surface area contributed by atoms with Gasteiger partial charge in [-0.05, 0) is 57.2 Å². The number of carbonyl (C=O) groups excluding carboxylic acids is 2. The van der Waals surface area contributed by atoms with E-state index in [4.69, 9.17) is 18.9 Å². The first kappa shape index (κ1) is 24.8. The van der Waals surface area contributed by atoms with Gasteiger partial charge in [0.05, 0.1) is 17.8 Å². The molecule has 0 bridgehead atoms. The second kappa shape index (κ2) is 10.8. The second-order valence-corrected chi connectivity index (χ2v) is 8.45. The summed E-state index contributed by atoms with van der Waals surface area (Å²) in [5.41, 5.74) is 1.14.